The second-order valence-electron chi connectivity index (χ2n) is 5.78. The van der Waals surface area contributed by atoms with Crippen molar-refractivity contribution in [3.63, 3.8) is 0 Å². The van der Waals surface area contributed by atoms with Gasteiger partial charge in [-0.1, -0.05) is 18.2 Å². The van der Waals surface area contributed by atoms with Gasteiger partial charge < -0.3 is 15.2 Å². The summed E-state index contributed by atoms with van der Waals surface area (Å²) in [5.74, 6) is -2.09. The van der Waals surface area contributed by atoms with E-state index in [4.69, 9.17) is 4.74 Å². The number of amides is 1. The number of carboxylic acid groups (broad SMARTS) is 1. The molecule has 0 fully saturated rings. The van der Waals surface area contributed by atoms with Gasteiger partial charge in [0.2, 0.25) is 5.88 Å². The first-order chi connectivity index (χ1) is 11.8. The number of ether oxygens (including phenoxy) is 1. The number of halogens is 1. The number of benzene rings is 1. The van der Waals surface area contributed by atoms with Crippen molar-refractivity contribution in [1.82, 2.24) is 10.3 Å². The first-order valence-electron chi connectivity index (χ1n) is 7.71. The number of aliphatic carboxylic acids is 1. The molecule has 0 radical (unpaired) electrons. The molecule has 1 atom stereocenters. The summed E-state index contributed by atoms with van der Waals surface area (Å²) < 4.78 is 18.8. The van der Waals surface area contributed by atoms with Crippen LogP contribution in [0.1, 0.15) is 41.5 Å². The highest BCUT2D eigenvalue weighted by atomic mass is 19.1. The van der Waals surface area contributed by atoms with E-state index in [0.29, 0.717) is 5.56 Å². The summed E-state index contributed by atoms with van der Waals surface area (Å²) in [4.78, 5) is 27.9. The van der Waals surface area contributed by atoms with Crippen LogP contribution >= 0.6 is 0 Å². The number of aromatic nitrogens is 1. The molecule has 0 saturated carbocycles. The molecule has 25 heavy (non-hydrogen) atoms. The van der Waals surface area contributed by atoms with E-state index >= 15 is 0 Å². The lowest BCUT2D eigenvalue weighted by Crippen LogP contribution is -2.34. The molecule has 2 N–H and O–H groups in total. The lowest BCUT2D eigenvalue weighted by Gasteiger charge is -2.16. The Bertz CT molecular complexity index is 792. The lowest BCUT2D eigenvalue weighted by atomic mass is 10.0. The highest BCUT2D eigenvalue weighted by Crippen LogP contribution is 2.18. The van der Waals surface area contributed by atoms with Crippen LogP contribution in [0.4, 0.5) is 4.39 Å². The summed E-state index contributed by atoms with van der Waals surface area (Å²) in [6.45, 7) is 5.17. The van der Waals surface area contributed by atoms with Crippen molar-refractivity contribution in [3.8, 4) is 5.88 Å². The number of hydrogen-bond acceptors (Lipinski definition) is 4. The Morgan fingerprint density at radius 2 is 1.96 bits per heavy atom. The molecular formula is C18H19FN2O4. The van der Waals surface area contributed by atoms with E-state index in [1.54, 1.807) is 12.1 Å². The van der Waals surface area contributed by atoms with Crippen LogP contribution in [0.15, 0.2) is 36.4 Å². The molecule has 0 bridgehead atoms. The summed E-state index contributed by atoms with van der Waals surface area (Å²) in [6.07, 6.45) is -0.111. The maximum absolute atomic E-state index is 13.4. The van der Waals surface area contributed by atoms with Gasteiger partial charge in [-0.25, -0.2) is 14.2 Å². The molecule has 1 aromatic carbocycles. The molecule has 1 aromatic heterocycles. The normalized spacial score (nSPS) is 11.9. The van der Waals surface area contributed by atoms with E-state index in [2.05, 4.69) is 10.3 Å². The number of nitrogens with one attached hydrogen (secondary N) is 1. The molecule has 0 aliphatic rings. The maximum Gasteiger partial charge on any atom is 0.330 e. The third-order valence-corrected chi connectivity index (χ3v) is 3.35. The molecule has 7 heteroatoms. The van der Waals surface area contributed by atoms with Crippen LogP contribution in [0.2, 0.25) is 0 Å². The molecule has 1 heterocycles. The van der Waals surface area contributed by atoms with E-state index < -0.39 is 23.7 Å². The second-order valence-corrected chi connectivity index (χ2v) is 5.78. The summed E-state index contributed by atoms with van der Waals surface area (Å²) >= 11 is 0. The van der Waals surface area contributed by atoms with Crippen molar-refractivity contribution < 1.29 is 23.8 Å². The minimum Gasteiger partial charge on any atom is -0.479 e. The van der Waals surface area contributed by atoms with Crippen molar-refractivity contribution >= 4 is 11.9 Å². The fourth-order valence-corrected chi connectivity index (χ4v) is 2.19. The summed E-state index contributed by atoms with van der Waals surface area (Å²) in [6, 6.07) is 7.22. The Balaban J connectivity index is 2.23. The Morgan fingerprint density at radius 1 is 1.24 bits per heavy atom. The number of hydrogen-bond donors (Lipinski definition) is 2. The van der Waals surface area contributed by atoms with Crippen molar-refractivity contribution in [3.05, 3.63) is 59.0 Å². The highest BCUT2D eigenvalue weighted by Gasteiger charge is 2.24. The minimum atomic E-state index is -1.32. The summed E-state index contributed by atoms with van der Waals surface area (Å²) in [7, 11) is 0. The zero-order valence-corrected chi connectivity index (χ0v) is 14.1. The first kappa shape index (κ1) is 18.4. The predicted molar refractivity (Wildman–Crippen MR) is 89.0 cm³/mol. The van der Waals surface area contributed by atoms with Crippen molar-refractivity contribution in [1.29, 1.82) is 0 Å². The van der Waals surface area contributed by atoms with Gasteiger partial charge in [-0.15, -0.1) is 0 Å². The van der Waals surface area contributed by atoms with Gasteiger partial charge in [0.25, 0.3) is 5.91 Å². The minimum absolute atomic E-state index is 0.0308. The van der Waals surface area contributed by atoms with E-state index in [9.17, 15) is 19.1 Å². The van der Waals surface area contributed by atoms with Gasteiger partial charge in [0.05, 0.1) is 6.10 Å². The molecule has 2 rings (SSSR count). The monoisotopic (exact) mass is 346 g/mol. The topological polar surface area (TPSA) is 88.5 Å². The highest BCUT2D eigenvalue weighted by molar-refractivity contribution is 5.95. The fourth-order valence-electron chi connectivity index (χ4n) is 2.19. The number of carboxylic acids is 1. The van der Waals surface area contributed by atoms with E-state index in [1.807, 2.05) is 13.8 Å². The number of carbonyl (C=O) groups is 2. The van der Waals surface area contributed by atoms with E-state index in [0.717, 1.165) is 0 Å². The van der Waals surface area contributed by atoms with Gasteiger partial charge in [-0.05, 0) is 44.0 Å². The third-order valence-electron chi connectivity index (χ3n) is 3.35. The lowest BCUT2D eigenvalue weighted by molar-refractivity contribution is -0.139. The zero-order valence-electron chi connectivity index (χ0n) is 14.1. The van der Waals surface area contributed by atoms with Crippen LogP contribution in [0.5, 0.6) is 5.88 Å². The standard InChI is InChI=1S/C18H19FN2O4/c1-10(2)25-15-6-4-5-14(20-15)17(22)21-16(18(23)24)12-7-8-13(19)11(3)9-12/h4-10,16H,1-3H3,(H,21,22)(H,23,24). The molecule has 6 nitrogen and oxygen atoms in total. The summed E-state index contributed by atoms with van der Waals surface area (Å²) in [5, 5.41) is 11.8. The van der Waals surface area contributed by atoms with Gasteiger partial charge in [0.15, 0.2) is 6.04 Å². The SMILES string of the molecule is Cc1cc(C(NC(=O)c2cccc(OC(C)C)n2)C(=O)O)ccc1F. The predicted octanol–water partition coefficient (Wildman–Crippen LogP) is 2.87. The van der Waals surface area contributed by atoms with Crippen molar-refractivity contribution in [2.45, 2.75) is 32.9 Å². The molecule has 0 aliphatic carbocycles. The molecule has 1 unspecified atom stereocenters. The second kappa shape index (κ2) is 7.74. The quantitative estimate of drug-likeness (QED) is 0.840. The number of rotatable bonds is 6. The van der Waals surface area contributed by atoms with Crippen LogP contribution in [0, 0.1) is 12.7 Å². The molecular weight excluding hydrogens is 327 g/mol. The molecule has 0 spiro atoms. The van der Waals surface area contributed by atoms with Crippen LogP contribution in [0.3, 0.4) is 0 Å². The molecule has 0 aliphatic heterocycles. The van der Waals surface area contributed by atoms with Crippen LogP contribution < -0.4 is 10.1 Å². The smallest absolute Gasteiger partial charge is 0.330 e. The fraction of sp³-hybridized carbons (Fsp3) is 0.278. The van der Waals surface area contributed by atoms with Crippen molar-refractivity contribution in [2.24, 2.45) is 0 Å². The largest absolute Gasteiger partial charge is 0.479 e. The van der Waals surface area contributed by atoms with Gasteiger partial charge in [0, 0.05) is 6.07 Å². The molecule has 2 aromatic rings. The Hall–Kier alpha value is -2.96. The maximum atomic E-state index is 13.4. The number of pyridine rings is 1. The summed E-state index contributed by atoms with van der Waals surface area (Å²) in [5.41, 5.74) is 0.598. The zero-order chi connectivity index (χ0) is 18.6. The van der Waals surface area contributed by atoms with Crippen LogP contribution in [0.25, 0.3) is 0 Å². The van der Waals surface area contributed by atoms with Gasteiger partial charge in [-0.3, -0.25) is 4.79 Å². The number of nitrogens with zero attached hydrogens (tertiary/aromatic N) is 1. The third kappa shape index (κ3) is 4.76. The average molecular weight is 346 g/mol. The van der Waals surface area contributed by atoms with E-state index in [-0.39, 0.29) is 23.2 Å². The average Bonchev–Trinajstić information content (AvgIpc) is 2.54. The van der Waals surface area contributed by atoms with Crippen LogP contribution in [-0.4, -0.2) is 28.1 Å². The number of carbonyl (C=O) groups excluding carboxylic acids is 1. The Kier molecular flexibility index (Phi) is 5.69. The van der Waals surface area contributed by atoms with Crippen molar-refractivity contribution in [2.75, 3.05) is 0 Å². The Morgan fingerprint density at radius 3 is 2.56 bits per heavy atom. The van der Waals surface area contributed by atoms with Crippen LogP contribution in [-0.2, 0) is 4.79 Å². The van der Waals surface area contributed by atoms with Gasteiger partial charge in [-0.2, -0.15) is 0 Å². The number of aryl methyl sites for hydroxylation is 1. The molecule has 132 valence electrons. The molecule has 0 saturated heterocycles. The van der Waals surface area contributed by atoms with E-state index in [1.165, 1.54) is 31.2 Å². The van der Waals surface area contributed by atoms with Gasteiger partial charge in [0.1, 0.15) is 11.5 Å². The molecule has 1 amide bonds. The first-order valence-corrected chi connectivity index (χ1v) is 7.71. The van der Waals surface area contributed by atoms with Gasteiger partial charge >= 0.3 is 5.97 Å². The Labute approximate surface area is 144 Å².